The van der Waals surface area contributed by atoms with Crippen LogP contribution in [0.15, 0.2) is 22.4 Å². The third-order valence-corrected chi connectivity index (χ3v) is 15.8. The molecule has 0 radical (unpaired) electrons. The quantitative estimate of drug-likeness (QED) is 0.0497. The molecular formula is C53H96N4O5S2. The number of phenols is 1. The lowest BCUT2D eigenvalue weighted by molar-refractivity contribution is 0.423. The van der Waals surface area contributed by atoms with Crippen molar-refractivity contribution in [3.8, 4) is 5.75 Å². The highest BCUT2D eigenvalue weighted by Gasteiger charge is 2.29. The fraction of sp³-hybridized carbons (Fsp3) is 0.830. The van der Waals surface area contributed by atoms with E-state index >= 15 is 0 Å². The van der Waals surface area contributed by atoms with E-state index < -0.39 is 40.8 Å². The average molecular weight is 934 g/mol. The molecule has 1 aromatic carbocycles. The minimum atomic E-state index is -4.01. The number of benzene rings is 1. The summed E-state index contributed by atoms with van der Waals surface area (Å²) in [5.41, 5.74) is 1.10. The molecule has 0 spiro atoms. The maximum absolute atomic E-state index is 13.8. The first-order chi connectivity index (χ1) is 30.4. The number of sulfone groups is 2. The van der Waals surface area contributed by atoms with Gasteiger partial charge in [-0.25, -0.2) is 16.8 Å². The van der Waals surface area contributed by atoms with Gasteiger partial charge >= 0.3 is 0 Å². The molecule has 0 aliphatic rings. The number of hydrogen-bond donors (Lipinski definition) is 2. The van der Waals surface area contributed by atoms with Gasteiger partial charge in [0.15, 0.2) is 0 Å². The van der Waals surface area contributed by atoms with Crippen LogP contribution in [0.5, 0.6) is 5.75 Å². The second-order valence-electron chi connectivity index (χ2n) is 21.0. The van der Waals surface area contributed by atoms with E-state index in [4.69, 9.17) is 0 Å². The van der Waals surface area contributed by atoms with Gasteiger partial charge in [0, 0.05) is 16.8 Å². The molecule has 0 aliphatic carbocycles. The number of anilines is 2. The number of unbranched alkanes of at least 4 members (excludes halogenated alkanes) is 30. The molecular weight excluding hydrogens is 837 g/mol. The molecule has 0 atom stereocenters. The summed E-state index contributed by atoms with van der Waals surface area (Å²) >= 11 is 0. The molecule has 11 heteroatoms. The fourth-order valence-electron chi connectivity index (χ4n) is 8.51. The average Bonchev–Trinajstić information content (AvgIpc) is 3.23. The predicted molar refractivity (Wildman–Crippen MR) is 272 cm³/mol. The first-order valence-corrected chi connectivity index (χ1v) is 29.6. The molecule has 0 bridgehead atoms. The van der Waals surface area contributed by atoms with Gasteiger partial charge in [0.05, 0.1) is 11.5 Å². The van der Waals surface area contributed by atoms with Gasteiger partial charge in [-0.15, -0.1) is 0 Å². The molecule has 0 fully saturated rings. The molecule has 9 nitrogen and oxygen atoms in total. The maximum Gasteiger partial charge on any atom is 0.253 e. The van der Waals surface area contributed by atoms with Crippen molar-refractivity contribution in [1.29, 1.82) is 0 Å². The summed E-state index contributed by atoms with van der Waals surface area (Å²) in [6.07, 6.45) is 38.1. The smallest absolute Gasteiger partial charge is 0.253 e. The first kappa shape index (κ1) is 57.9. The highest BCUT2D eigenvalue weighted by molar-refractivity contribution is 7.91. The highest BCUT2D eigenvalue weighted by atomic mass is 32.2. The van der Waals surface area contributed by atoms with Gasteiger partial charge in [0.1, 0.15) is 5.75 Å². The topological polar surface area (TPSA) is 139 Å². The van der Waals surface area contributed by atoms with Crippen molar-refractivity contribution in [1.82, 2.24) is 15.0 Å². The first-order valence-electron chi connectivity index (χ1n) is 26.3. The Labute approximate surface area is 394 Å². The molecule has 0 saturated heterocycles. The van der Waals surface area contributed by atoms with E-state index in [0.717, 1.165) is 51.4 Å². The monoisotopic (exact) mass is 933 g/mol. The summed E-state index contributed by atoms with van der Waals surface area (Å²) in [4.78, 5) is 12.8. The minimum Gasteiger partial charge on any atom is -0.507 e. The van der Waals surface area contributed by atoms with Crippen LogP contribution >= 0.6 is 0 Å². The van der Waals surface area contributed by atoms with Crippen molar-refractivity contribution in [2.45, 2.75) is 282 Å². The van der Waals surface area contributed by atoms with Gasteiger partial charge in [0.25, 0.3) is 10.3 Å². The van der Waals surface area contributed by atoms with Crippen molar-refractivity contribution >= 4 is 31.3 Å². The van der Waals surface area contributed by atoms with Crippen molar-refractivity contribution < 1.29 is 21.9 Å². The third-order valence-electron chi connectivity index (χ3n) is 12.7. The van der Waals surface area contributed by atoms with Crippen LogP contribution in [-0.4, -0.2) is 48.4 Å². The van der Waals surface area contributed by atoms with E-state index in [0.29, 0.717) is 29.7 Å². The number of hydrogen-bond acceptors (Lipinski definition) is 9. The molecule has 64 heavy (non-hydrogen) atoms. The molecule has 2 rings (SSSR count). The Morgan fingerprint density at radius 3 is 0.922 bits per heavy atom. The Balaban J connectivity index is 2.01. The predicted octanol–water partition coefficient (Wildman–Crippen LogP) is 16.0. The van der Waals surface area contributed by atoms with E-state index in [-0.39, 0.29) is 23.2 Å². The van der Waals surface area contributed by atoms with E-state index in [9.17, 15) is 21.9 Å². The Kier molecular flexibility index (Phi) is 28.6. The molecule has 1 aromatic heterocycles. The Bertz CT molecular complexity index is 1650. The maximum atomic E-state index is 13.8. The summed E-state index contributed by atoms with van der Waals surface area (Å²) in [6, 6.07) is 3.59. The van der Waals surface area contributed by atoms with E-state index in [1.54, 1.807) is 12.1 Å². The number of rotatable bonds is 38. The van der Waals surface area contributed by atoms with Crippen molar-refractivity contribution in [3.05, 3.63) is 23.3 Å². The van der Waals surface area contributed by atoms with Gasteiger partial charge < -0.3 is 10.4 Å². The molecule has 2 N–H and O–H groups in total. The molecule has 0 saturated carbocycles. The highest BCUT2D eigenvalue weighted by Crippen LogP contribution is 2.41. The van der Waals surface area contributed by atoms with Gasteiger partial charge in [-0.05, 0) is 35.8 Å². The Morgan fingerprint density at radius 2 is 0.672 bits per heavy atom. The largest absolute Gasteiger partial charge is 0.507 e. The van der Waals surface area contributed by atoms with Gasteiger partial charge in [-0.3, -0.25) is 0 Å². The lowest BCUT2D eigenvalue weighted by Crippen LogP contribution is -2.20. The van der Waals surface area contributed by atoms with Crippen LogP contribution in [0.25, 0.3) is 0 Å². The van der Waals surface area contributed by atoms with Gasteiger partial charge in [-0.2, -0.15) is 15.0 Å². The Morgan fingerprint density at radius 1 is 0.422 bits per heavy atom. The van der Waals surface area contributed by atoms with Crippen LogP contribution in [0.2, 0.25) is 0 Å². The van der Waals surface area contributed by atoms with E-state index in [1.165, 1.54) is 141 Å². The van der Waals surface area contributed by atoms with Crippen molar-refractivity contribution in [3.63, 3.8) is 0 Å². The lowest BCUT2D eigenvalue weighted by atomic mass is 9.79. The summed E-state index contributed by atoms with van der Waals surface area (Å²) in [6.45, 7) is 16.6. The lowest BCUT2D eigenvalue weighted by Gasteiger charge is -2.28. The zero-order valence-corrected chi connectivity index (χ0v) is 44.1. The second-order valence-corrected chi connectivity index (χ2v) is 25.0. The molecule has 2 aromatic rings. The number of nitrogens with zero attached hydrogens (tertiary/aromatic N) is 3. The molecule has 0 aliphatic heterocycles. The Hall–Kier alpha value is -2.27. The zero-order valence-electron chi connectivity index (χ0n) is 42.4. The van der Waals surface area contributed by atoms with Crippen LogP contribution in [0.1, 0.15) is 272 Å². The zero-order chi connectivity index (χ0) is 47.3. The van der Waals surface area contributed by atoms with Crippen LogP contribution in [0, 0.1) is 0 Å². The molecule has 0 unspecified atom stereocenters. The summed E-state index contributed by atoms with van der Waals surface area (Å²) in [5.74, 6) is -0.258. The standard InChI is InChI=1S/C53H96N4O5S2/c1-9-11-13-15-17-19-21-23-25-27-29-31-33-35-37-39-41-63(59,60)50-55-49(54-45-43-46(52(3,4)5)48(58)47(44-45)53(6,7)8)56-51(57-50)64(61,62)42-40-38-36-34-32-30-28-26-24-22-20-18-16-14-12-10-2/h43-44,58H,9-42H2,1-8H3,(H,54,55,56,57). The van der Waals surface area contributed by atoms with Crippen molar-refractivity contribution in [2.24, 2.45) is 0 Å². The number of aromatic nitrogens is 3. The molecule has 370 valence electrons. The summed E-state index contributed by atoms with van der Waals surface area (Å²) < 4.78 is 55.2. The SMILES string of the molecule is CCCCCCCCCCCCCCCCCCS(=O)(=O)c1nc(Nc2cc(C(C)(C)C)c(O)c(C(C)(C)C)c2)nc(S(=O)(=O)CCCCCCCCCCCCCCCCCC)n1. The normalized spacial score (nSPS) is 12.6. The van der Waals surface area contributed by atoms with Crippen LogP contribution in [0.4, 0.5) is 11.6 Å². The van der Waals surface area contributed by atoms with Gasteiger partial charge in [0.2, 0.25) is 25.6 Å². The van der Waals surface area contributed by atoms with Crippen LogP contribution < -0.4 is 5.32 Å². The van der Waals surface area contributed by atoms with Crippen LogP contribution in [-0.2, 0) is 30.5 Å². The van der Waals surface area contributed by atoms with E-state index in [1.807, 2.05) is 41.5 Å². The minimum absolute atomic E-state index is 0.142. The second kappa shape index (κ2) is 31.7. The number of nitrogens with one attached hydrogen (secondary N) is 1. The van der Waals surface area contributed by atoms with E-state index in [2.05, 4.69) is 34.1 Å². The number of aromatic hydroxyl groups is 1. The summed E-state index contributed by atoms with van der Waals surface area (Å²) in [5, 5.41) is 13.4. The summed E-state index contributed by atoms with van der Waals surface area (Å²) in [7, 11) is -8.01. The molecule has 0 amide bonds. The van der Waals surface area contributed by atoms with Crippen LogP contribution in [0.3, 0.4) is 0 Å². The van der Waals surface area contributed by atoms with Gasteiger partial charge in [-0.1, -0.05) is 248 Å². The molecule has 1 heterocycles. The number of phenolic OH excluding ortho intramolecular Hbond substituents is 1. The third kappa shape index (κ3) is 24.5. The van der Waals surface area contributed by atoms with Crippen molar-refractivity contribution in [2.75, 3.05) is 16.8 Å². The fourth-order valence-corrected chi connectivity index (χ4v) is 11.0.